The fourth-order valence-electron chi connectivity index (χ4n) is 1.92. The average molecular weight is 271 g/mol. The summed E-state index contributed by atoms with van der Waals surface area (Å²) in [5.41, 5.74) is 0.366. The van der Waals surface area contributed by atoms with Gasteiger partial charge in [-0.3, -0.25) is 4.79 Å². The third-order valence-electron chi connectivity index (χ3n) is 2.72. The van der Waals surface area contributed by atoms with Crippen molar-refractivity contribution in [1.29, 1.82) is 5.26 Å². The molecule has 1 fully saturated rings. The maximum atomic E-state index is 11.7. The van der Waals surface area contributed by atoms with E-state index in [9.17, 15) is 4.79 Å². The van der Waals surface area contributed by atoms with Crippen LogP contribution in [0.5, 0.6) is 0 Å². The molecule has 90 valence electrons. The minimum absolute atomic E-state index is 0.00726. The number of piperazine rings is 1. The predicted molar refractivity (Wildman–Crippen MR) is 66.3 cm³/mol. The molecule has 1 N–H and O–H groups in total. The second-order valence-electron chi connectivity index (χ2n) is 3.67. The Labute approximate surface area is 108 Å². The molecule has 5 nitrogen and oxygen atoms in total. The van der Waals surface area contributed by atoms with Gasteiger partial charge in [-0.15, -0.1) is 0 Å². The van der Waals surface area contributed by atoms with Crippen molar-refractivity contribution in [3.05, 3.63) is 10.7 Å². The standard InChI is InChI=1S/C10H11ClN4OS/c1-2-7-9(16)13-3-4-15(7)10-6(5-12)8(11)14-17-10/h7H,2-4H2,1H3,(H,13,16). The molecule has 1 aliphatic rings. The van der Waals surface area contributed by atoms with Crippen LogP contribution in [0.2, 0.25) is 5.15 Å². The molecule has 0 bridgehead atoms. The monoisotopic (exact) mass is 270 g/mol. The van der Waals surface area contributed by atoms with Crippen LogP contribution < -0.4 is 10.2 Å². The summed E-state index contributed by atoms with van der Waals surface area (Å²) in [6, 6.07) is 1.80. The average Bonchev–Trinajstić information content (AvgIpc) is 2.69. The summed E-state index contributed by atoms with van der Waals surface area (Å²) in [4.78, 5) is 13.6. The van der Waals surface area contributed by atoms with Gasteiger partial charge in [-0.1, -0.05) is 18.5 Å². The van der Waals surface area contributed by atoms with E-state index in [1.54, 1.807) is 0 Å². The van der Waals surface area contributed by atoms with E-state index in [0.717, 1.165) is 0 Å². The fraction of sp³-hybridized carbons (Fsp3) is 0.500. The van der Waals surface area contributed by atoms with Gasteiger partial charge in [0, 0.05) is 13.1 Å². The van der Waals surface area contributed by atoms with Crippen LogP contribution in [0.4, 0.5) is 5.00 Å². The van der Waals surface area contributed by atoms with Gasteiger partial charge in [-0.05, 0) is 18.0 Å². The Morgan fingerprint density at radius 3 is 3.18 bits per heavy atom. The quantitative estimate of drug-likeness (QED) is 0.882. The van der Waals surface area contributed by atoms with Crippen LogP contribution in [0.25, 0.3) is 0 Å². The van der Waals surface area contributed by atoms with Crippen LogP contribution >= 0.6 is 23.1 Å². The van der Waals surface area contributed by atoms with Gasteiger partial charge in [0.15, 0.2) is 5.15 Å². The third-order valence-corrected chi connectivity index (χ3v) is 3.98. The van der Waals surface area contributed by atoms with Gasteiger partial charge in [0.05, 0.1) is 0 Å². The molecule has 0 saturated carbocycles. The van der Waals surface area contributed by atoms with Crippen molar-refractivity contribution >= 4 is 34.0 Å². The molecule has 0 aromatic carbocycles. The number of amides is 1. The lowest BCUT2D eigenvalue weighted by Crippen LogP contribution is -2.55. The van der Waals surface area contributed by atoms with Crippen LogP contribution in [0.15, 0.2) is 0 Å². The van der Waals surface area contributed by atoms with Crippen molar-refractivity contribution in [2.45, 2.75) is 19.4 Å². The van der Waals surface area contributed by atoms with Crippen molar-refractivity contribution in [3.8, 4) is 6.07 Å². The first-order valence-electron chi connectivity index (χ1n) is 5.28. The predicted octanol–water partition coefficient (Wildman–Crippen LogP) is 1.38. The van der Waals surface area contributed by atoms with Crippen LogP contribution in [-0.4, -0.2) is 29.4 Å². The number of hydrogen-bond acceptors (Lipinski definition) is 5. The van der Waals surface area contributed by atoms with Crippen molar-refractivity contribution in [3.63, 3.8) is 0 Å². The number of carbonyl (C=O) groups is 1. The first-order valence-corrected chi connectivity index (χ1v) is 6.43. The summed E-state index contributed by atoms with van der Waals surface area (Å²) < 4.78 is 3.97. The molecule has 1 amide bonds. The van der Waals surface area contributed by atoms with Gasteiger partial charge in [-0.25, -0.2) is 0 Å². The molecule has 0 aliphatic carbocycles. The van der Waals surface area contributed by atoms with Gasteiger partial charge in [0.25, 0.3) is 0 Å². The first-order chi connectivity index (χ1) is 8.19. The Bertz CT molecular complexity index is 481. The normalized spacial score (nSPS) is 19.9. The maximum absolute atomic E-state index is 11.7. The Hall–Kier alpha value is -1.32. The molecule has 1 aliphatic heterocycles. The molecule has 1 saturated heterocycles. The van der Waals surface area contributed by atoms with Crippen molar-refractivity contribution in [2.75, 3.05) is 18.0 Å². The van der Waals surface area contributed by atoms with Gasteiger partial charge in [0.1, 0.15) is 22.7 Å². The Kier molecular flexibility index (Phi) is 3.50. The number of hydrogen-bond donors (Lipinski definition) is 1. The lowest BCUT2D eigenvalue weighted by atomic mass is 10.1. The summed E-state index contributed by atoms with van der Waals surface area (Å²) in [6.45, 7) is 3.20. The minimum Gasteiger partial charge on any atom is -0.353 e. The number of aromatic nitrogens is 1. The van der Waals surface area contributed by atoms with Gasteiger partial charge in [-0.2, -0.15) is 9.64 Å². The Morgan fingerprint density at radius 1 is 1.76 bits per heavy atom. The molecule has 7 heteroatoms. The number of rotatable bonds is 2. The van der Waals surface area contributed by atoms with Crippen LogP contribution in [0.3, 0.4) is 0 Å². The summed E-state index contributed by atoms with van der Waals surface area (Å²) in [5, 5.41) is 12.8. The maximum Gasteiger partial charge on any atom is 0.242 e. The van der Waals surface area contributed by atoms with Crippen LogP contribution in [0, 0.1) is 11.3 Å². The topological polar surface area (TPSA) is 69.0 Å². The molecule has 1 aromatic heterocycles. The van der Waals surface area contributed by atoms with Crippen LogP contribution in [0.1, 0.15) is 18.9 Å². The van der Waals surface area contributed by atoms with Gasteiger partial charge < -0.3 is 10.2 Å². The lowest BCUT2D eigenvalue weighted by molar-refractivity contribution is -0.123. The highest BCUT2D eigenvalue weighted by atomic mass is 35.5. The molecular formula is C10H11ClN4OS. The van der Waals surface area contributed by atoms with E-state index in [2.05, 4.69) is 9.69 Å². The van der Waals surface area contributed by atoms with E-state index < -0.39 is 0 Å². The van der Waals surface area contributed by atoms with Gasteiger partial charge in [0.2, 0.25) is 5.91 Å². The van der Waals surface area contributed by atoms with Crippen molar-refractivity contribution < 1.29 is 4.79 Å². The SMILES string of the molecule is CCC1C(=O)NCCN1c1snc(Cl)c1C#N. The first kappa shape index (κ1) is 12.1. The fourth-order valence-corrected chi connectivity index (χ4v) is 3.02. The minimum atomic E-state index is -0.243. The number of halogens is 1. The lowest BCUT2D eigenvalue weighted by Gasteiger charge is -2.35. The molecule has 1 aromatic rings. The smallest absolute Gasteiger partial charge is 0.242 e. The van der Waals surface area contributed by atoms with E-state index >= 15 is 0 Å². The van der Waals surface area contributed by atoms with E-state index in [1.807, 2.05) is 17.9 Å². The molecule has 0 spiro atoms. The van der Waals surface area contributed by atoms with Crippen LogP contribution in [-0.2, 0) is 4.79 Å². The molecule has 2 heterocycles. The highest BCUT2D eigenvalue weighted by Crippen LogP contribution is 2.33. The zero-order chi connectivity index (χ0) is 12.4. The molecule has 0 radical (unpaired) electrons. The second kappa shape index (κ2) is 4.90. The molecule has 2 rings (SSSR count). The van der Waals surface area contributed by atoms with Gasteiger partial charge >= 0.3 is 0 Å². The highest BCUT2D eigenvalue weighted by Gasteiger charge is 2.31. The third kappa shape index (κ3) is 2.08. The Balaban J connectivity index is 2.38. The van der Waals surface area contributed by atoms with E-state index in [-0.39, 0.29) is 17.1 Å². The summed E-state index contributed by atoms with van der Waals surface area (Å²) in [5.74, 6) is -0.00726. The summed E-state index contributed by atoms with van der Waals surface area (Å²) >= 11 is 7.01. The van der Waals surface area contributed by atoms with E-state index in [0.29, 0.717) is 30.1 Å². The van der Waals surface area contributed by atoms with Crippen molar-refractivity contribution in [1.82, 2.24) is 9.69 Å². The second-order valence-corrected chi connectivity index (χ2v) is 4.78. The molecular weight excluding hydrogens is 260 g/mol. The number of anilines is 1. The summed E-state index contributed by atoms with van der Waals surface area (Å²) in [6.07, 6.45) is 0.687. The highest BCUT2D eigenvalue weighted by molar-refractivity contribution is 7.10. The summed E-state index contributed by atoms with van der Waals surface area (Å²) in [7, 11) is 0. The Morgan fingerprint density at radius 2 is 2.53 bits per heavy atom. The van der Waals surface area contributed by atoms with E-state index in [1.165, 1.54) is 11.5 Å². The number of nitrogens with one attached hydrogen (secondary N) is 1. The molecule has 17 heavy (non-hydrogen) atoms. The number of nitrogens with zero attached hydrogens (tertiary/aromatic N) is 3. The zero-order valence-electron chi connectivity index (χ0n) is 9.23. The zero-order valence-corrected chi connectivity index (χ0v) is 10.8. The van der Waals surface area contributed by atoms with E-state index in [4.69, 9.17) is 16.9 Å². The largest absolute Gasteiger partial charge is 0.353 e. The van der Waals surface area contributed by atoms with Crippen molar-refractivity contribution in [2.24, 2.45) is 0 Å². The molecule has 1 atom stereocenters. The molecule has 1 unspecified atom stereocenters. The number of carbonyl (C=O) groups excluding carboxylic acids is 1. The number of nitriles is 1.